The van der Waals surface area contributed by atoms with Gasteiger partial charge < -0.3 is 54.4 Å². The molecule has 0 aliphatic carbocycles. The number of aliphatic imine (C=N–C) groups is 1. The number of hydrogen-bond acceptors (Lipinski definition) is 16. The molecule has 356 valence electrons. The Hall–Kier alpha value is -7.65. The summed E-state index contributed by atoms with van der Waals surface area (Å²) in [7, 11) is 1.41. The molecular formula is C47H56N14O7. The van der Waals surface area contributed by atoms with Gasteiger partial charge in [-0.05, 0) is 77.2 Å². The number of fused-ring (bicyclic) bond motifs is 2. The number of anilines is 2. The molecule has 3 amide bonds. The molecule has 21 nitrogen and oxygen atoms in total. The van der Waals surface area contributed by atoms with E-state index in [-0.39, 0.29) is 47.1 Å². The second-order valence-corrected chi connectivity index (χ2v) is 16.7. The van der Waals surface area contributed by atoms with Crippen molar-refractivity contribution in [2.75, 3.05) is 56.7 Å². The average Bonchev–Trinajstić information content (AvgIpc) is 4.10. The number of carbonyl (C=O) groups is 3. The first kappa shape index (κ1) is 46.9. The van der Waals surface area contributed by atoms with Gasteiger partial charge in [0.05, 0.1) is 48.6 Å². The van der Waals surface area contributed by atoms with Crippen molar-refractivity contribution in [2.45, 2.75) is 72.5 Å². The van der Waals surface area contributed by atoms with E-state index < -0.39 is 17.7 Å². The quantitative estimate of drug-likeness (QED) is 0.0467. The molecule has 0 bridgehead atoms. The first-order valence-electron chi connectivity index (χ1n) is 22.4. The van der Waals surface area contributed by atoms with E-state index in [0.29, 0.717) is 69.9 Å². The Morgan fingerprint density at radius 3 is 2.29 bits per heavy atom. The van der Waals surface area contributed by atoms with Gasteiger partial charge in [-0.15, -0.1) is 10.2 Å². The van der Waals surface area contributed by atoms with Gasteiger partial charge >= 0.3 is 0 Å². The number of piperidine rings is 1. The highest BCUT2D eigenvalue weighted by molar-refractivity contribution is 6.09. The predicted octanol–water partition coefficient (Wildman–Crippen LogP) is 5.11. The molecule has 68 heavy (non-hydrogen) atoms. The maximum Gasteiger partial charge on any atom is 0.296 e. The number of hydrogen-bond donors (Lipinski definition) is 4. The number of nitrogens with one attached hydrogen (secondary N) is 2. The molecule has 6 N–H and O–H groups in total. The molecule has 0 saturated carbocycles. The molecular weight excluding hydrogens is 873 g/mol. The Bertz CT molecular complexity index is 2930. The van der Waals surface area contributed by atoms with Crippen molar-refractivity contribution in [3.63, 3.8) is 0 Å². The molecule has 2 aliphatic heterocycles. The summed E-state index contributed by atoms with van der Waals surface area (Å²) in [6.07, 6.45) is 6.33. The first-order chi connectivity index (χ1) is 32.7. The van der Waals surface area contributed by atoms with Gasteiger partial charge in [-0.25, -0.2) is 15.0 Å². The first-order valence-corrected chi connectivity index (χ1v) is 22.4. The number of methoxy groups -OCH3 is 1. The van der Waals surface area contributed by atoms with Crippen LogP contribution in [-0.2, 0) is 19.6 Å². The number of aromatic nitrogens is 7. The van der Waals surface area contributed by atoms with Crippen molar-refractivity contribution in [3.8, 4) is 11.5 Å². The molecule has 1 fully saturated rings. The number of primary amides is 2. The summed E-state index contributed by atoms with van der Waals surface area (Å²) in [5.74, 6) is 2.73. The second-order valence-electron chi connectivity index (χ2n) is 16.7. The van der Waals surface area contributed by atoms with Gasteiger partial charge in [-0.2, -0.15) is 0 Å². The zero-order valence-electron chi connectivity index (χ0n) is 38.9. The molecule has 2 aromatic carbocycles. The van der Waals surface area contributed by atoms with E-state index >= 15 is 0 Å². The lowest BCUT2D eigenvalue weighted by molar-refractivity contribution is 0.0958. The lowest BCUT2D eigenvalue weighted by atomic mass is 9.95. The third-order valence-corrected chi connectivity index (χ3v) is 12.1. The zero-order valence-corrected chi connectivity index (χ0v) is 38.9. The normalized spacial score (nSPS) is 14.3. The number of likely N-dealkylation sites (tertiary alicyclic amines) is 1. The number of imidazole rings is 1. The molecule has 0 unspecified atom stereocenters. The Kier molecular flexibility index (Phi) is 13.8. The van der Waals surface area contributed by atoms with E-state index in [2.05, 4.69) is 58.6 Å². The number of nitrogens with zero attached hydrogens (tertiary/aromatic N) is 10. The number of aryl methyl sites for hydroxylation is 4. The fraction of sp³-hybridized carbons (Fsp3) is 0.383. The summed E-state index contributed by atoms with van der Waals surface area (Å²) < 4.78 is 28.0. The Morgan fingerprint density at radius 2 is 1.63 bits per heavy atom. The van der Waals surface area contributed by atoms with Gasteiger partial charge in [0.1, 0.15) is 34.4 Å². The number of ether oxygens (including phenoxy) is 2. The lowest BCUT2D eigenvalue weighted by Gasteiger charge is -2.32. The second kappa shape index (κ2) is 20.1. The third kappa shape index (κ3) is 9.74. The van der Waals surface area contributed by atoms with Gasteiger partial charge in [0.15, 0.2) is 17.5 Å². The van der Waals surface area contributed by atoms with Crippen LogP contribution in [0.1, 0.15) is 97.0 Å². The molecule has 21 heteroatoms. The molecule has 8 rings (SSSR count). The van der Waals surface area contributed by atoms with E-state index in [0.717, 1.165) is 70.2 Å². The van der Waals surface area contributed by atoms with Crippen LogP contribution >= 0.6 is 0 Å². The maximum atomic E-state index is 14.4. The van der Waals surface area contributed by atoms with Crippen LogP contribution < -0.4 is 36.5 Å². The molecule has 0 spiro atoms. The molecule has 6 aromatic rings. The molecule has 4 aromatic heterocycles. The number of allylic oxidation sites excluding steroid dienone is 1. The topological polar surface area (TPSA) is 265 Å². The number of rotatable bonds is 19. The summed E-state index contributed by atoms with van der Waals surface area (Å²) in [5.41, 5.74) is 14.7. The van der Waals surface area contributed by atoms with Crippen LogP contribution in [0.3, 0.4) is 0 Å². The maximum absolute atomic E-state index is 14.4. The van der Waals surface area contributed by atoms with Crippen molar-refractivity contribution in [3.05, 3.63) is 100 Å². The van der Waals surface area contributed by atoms with E-state index in [4.69, 9.17) is 34.8 Å². The fourth-order valence-electron chi connectivity index (χ4n) is 8.83. The summed E-state index contributed by atoms with van der Waals surface area (Å²) in [4.78, 5) is 60.9. The van der Waals surface area contributed by atoms with Crippen LogP contribution in [0.15, 0.2) is 56.8 Å². The zero-order chi connectivity index (χ0) is 48.2. The molecule has 2 aliphatic rings. The van der Waals surface area contributed by atoms with E-state index in [9.17, 15) is 14.4 Å². The van der Waals surface area contributed by atoms with Crippen LogP contribution in [-0.4, -0.2) is 110 Å². The number of nitrogens with two attached hydrogens (primary N) is 2. The molecule has 1 saturated heterocycles. The minimum Gasteiger partial charge on any atom is -0.494 e. The summed E-state index contributed by atoms with van der Waals surface area (Å²) in [5, 5.41) is 15.6. The number of benzene rings is 2. The predicted molar refractivity (Wildman–Crippen MR) is 255 cm³/mol. The molecule has 6 heterocycles. The van der Waals surface area contributed by atoms with Gasteiger partial charge in [0.25, 0.3) is 5.91 Å². The Labute approximate surface area is 392 Å². The summed E-state index contributed by atoms with van der Waals surface area (Å²) in [6, 6.07) is 6.11. The largest absolute Gasteiger partial charge is 0.494 e. The lowest BCUT2D eigenvalue weighted by Crippen LogP contribution is -2.36. The minimum absolute atomic E-state index is 0.00932. The summed E-state index contributed by atoms with van der Waals surface area (Å²) in [6.45, 7) is 20.6. The molecule has 0 atom stereocenters. The van der Waals surface area contributed by atoms with Crippen LogP contribution in [0.4, 0.5) is 17.3 Å². The monoisotopic (exact) mass is 928 g/mol. The highest BCUT2D eigenvalue weighted by Crippen LogP contribution is 2.41. The number of oxazole rings is 2. The van der Waals surface area contributed by atoms with Gasteiger partial charge in [0.2, 0.25) is 23.5 Å². The smallest absolute Gasteiger partial charge is 0.296 e. The van der Waals surface area contributed by atoms with Crippen LogP contribution in [0.5, 0.6) is 11.5 Å². The van der Waals surface area contributed by atoms with Crippen molar-refractivity contribution in [1.29, 1.82) is 0 Å². The van der Waals surface area contributed by atoms with E-state index in [1.54, 1.807) is 39.0 Å². The molecule has 0 radical (unpaired) electrons. The van der Waals surface area contributed by atoms with E-state index in [1.807, 2.05) is 17.6 Å². The highest BCUT2D eigenvalue weighted by atomic mass is 16.5. The van der Waals surface area contributed by atoms with Crippen molar-refractivity contribution in [2.24, 2.45) is 16.5 Å². The van der Waals surface area contributed by atoms with Crippen molar-refractivity contribution in [1.82, 2.24) is 44.5 Å². The van der Waals surface area contributed by atoms with Crippen molar-refractivity contribution >= 4 is 58.5 Å². The highest BCUT2D eigenvalue weighted by Gasteiger charge is 2.30. The Balaban J connectivity index is 1.07. The van der Waals surface area contributed by atoms with Crippen LogP contribution in [0.2, 0.25) is 0 Å². The van der Waals surface area contributed by atoms with Crippen LogP contribution in [0.25, 0.3) is 16.7 Å². The third-order valence-electron chi connectivity index (χ3n) is 12.1. The average molecular weight is 929 g/mol. The summed E-state index contributed by atoms with van der Waals surface area (Å²) >= 11 is 0. The Morgan fingerprint density at radius 1 is 0.941 bits per heavy atom. The van der Waals surface area contributed by atoms with E-state index in [1.165, 1.54) is 24.1 Å². The number of amides is 3. The van der Waals surface area contributed by atoms with Crippen molar-refractivity contribution < 1.29 is 32.7 Å². The van der Waals surface area contributed by atoms with Gasteiger partial charge in [0, 0.05) is 63.6 Å². The standard InChI is InChI=1S/C47H56N14O7/c1-26-41(67-29(4)52-26)27(2)54-47-55-35-22-33(44(49)63)24-37(66-20-10-14-58-17-11-31(12-18-58)45-57-56-38-25-51-13-19-59(38)45)40(35)61(47)16-9-8-15-60(46(64)42-28(3)53-30(5)68-42)39-34(50-6)21-32(43(48)62)23-36(39)65-7/h8-9,21-24,31,51H,2,6,10-20,25H2,1,3-5,7H3,(H2,48,62)(H2,49,63)(H,54,55)/b9-8+. The fourth-order valence-corrected chi connectivity index (χ4v) is 8.83. The van der Waals surface area contributed by atoms with Gasteiger partial charge in [-0.3, -0.25) is 24.3 Å². The van der Waals surface area contributed by atoms with Gasteiger partial charge in [-0.1, -0.05) is 18.7 Å². The van der Waals surface area contributed by atoms with Crippen LogP contribution in [0, 0.1) is 27.7 Å². The SMILES string of the molecule is C=Nc1cc(C(N)=O)cc(OC)c1N(C/C=C/Cn1c(NC(=C)c2oc(C)nc2C)nc2cc(C(N)=O)cc(OCCCN3CCC(c4nnc5n4CCNC5)CC3)c21)C(=O)c1oc(C)nc1C. The number of carbonyl (C=O) groups excluding carboxylic acids is 3. The minimum atomic E-state index is -0.713.